The van der Waals surface area contributed by atoms with Gasteiger partial charge in [-0.1, -0.05) is 24.3 Å². The van der Waals surface area contributed by atoms with Gasteiger partial charge in [0.15, 0.2) is 0 Å². The molecule has 0 spiro atoms. The summed E-state index contributed by atoms with van der Waals surface area (Å²) in [7, 11) is -1.85. The molecule has 0 aliphatic heterocycles. The molecule has 0 aliphatic rings. The Bertz CT molecular complexity index is 199. The highest BCUT2D eigenvalue weighted by Gasteiger charge is 2.36. The monoisotopic (exact) mass is 255 g/mol. The van der Waals surface area contributed by atoms with E-state index in [1.54, 1.807) is 0 Å². The van der Waals surface area contributed by atoms with E-state index in [1.807, 2.05) is 24.3 Å². The van der Waals surface area contributed by atoms with E-state index in [2.05, 4.69) is 46.7 Å². The summed E-state index contributed by atoms with van der Waals surface area (Å²) in [5.74, 6) is 0. The summed E-state index contributed by atoms with van der Waals surface area (Å²) in [6, 6.07) is 0. The van der Waals surface area contributed by atoms with Crippen LogP contribution in [0, 0.1) is 0 Å². The molecule has 96 valence electrons. The third-order valence-electron chi connectivity index (χ3n) is 1.89. The van der Waals surface area contributed by atoms with Gasteiger partial charge in [0.25, 0.3) is 7.87 Å². The Balaban J connectivity index is 4.59. The molecule has 0 heterocycles. The average molecular weight is 255 g/mol. The summed E-state index contributed by atoms with van der Waals surface area (Å²) in [4.78, 5) is 0. The second-order valence-electron chi connectivity index (χ2n) is 3.27. The standard InChI is InChI=1S/C12H24N4P/c1-5-9-13-17(14-10-6-2,15-11-7-3)16-12-8-4/h5-8,13-16H,1-4,9-12H2/q+1. The Kier molecular flexibility index (Phi) is 9.92. The van der Waals surface area contributed by atoms with Gasteiger partial charge in [0.05, 0.1) is 26.2 Å². The topological polar surface area (TPSA) is 48.1 Å². The highest BCUT2D eigenvalue weighted by molar-refractivity contribution is 7.68. The van der Waals surface area contributed by atoms with Crippen molar-refractivity contribution in [2.45, 2.75) is 0 Å². The first-order valence-electron chi connectivity index (χ1n) is 5.57. The first kappa shape index (κ1) is 16.2. The summed E-state index contributed by atoms with van der Waals surface area (Å²) >= 11 is 0. The highest BCUT2D eigenvalue weighted by atomic mass is 31.2. The third-order valence-corrected chi connectivity index (χ3v) is 4.52. The zero-order valence-corrected chi connectivity index (χ0v) is 11.3. The van der Waals surface area contributed by atoms with E-state index >= 15 is 0 Å². The van der Waals surface area contributed by atoms with Gasteiger partial charge in [-0.25, -0.2) is 0 Å². The van der Waals surface area contributed by atoms with Crippen molar-refractivity contribution in [1.29, 1.82) is 0 Å². The van der Waals surface area contributed by atoms with Crippen molar-refractivity contribution in [3.05, 3.63) is 50.6 Å². The van der Waals surface area contributed by atoms with Gasteiger partial charge in [-0.3, -0.25) is 0 Å². The van der Waals surface area contributed by atoms with Gasteiger partial charge in [-0.05, 0) is 0 Å². The van der Waals surface area contributed by atoms with Crippen LogP contribution in [-0.2, 0) is 0 Å². The predicted molar refractivity (Wildman–Crippen MR) is 79.7 cm³/mol. The SMILES string of the molecule is C=CCN[P+](NCC=C)(NCC=C)NCC=C. The van der Waals surface area contributed by atoms with E-state index in [-0.39, 0.29) is 0 Å². The summed E-state index contributed by atoms with van der Waals surface area (Å²) in [6.07, 6.45) is 7.32. The van der Waals surface area contributed by atoms with Crippen LogP contribution in [0.5, 0.6) is 0 Å². The van der Waals surface area contributed by atoms with Gasteiger partial charge in [0.2, 0.25) is 0 Å². The fourth-order valence-corrected chi connectivity index (χ4v) is 3.42. The lowest BCUT2D eigenvalue weighted by molar-refractivity contribution is 0.849. The van der Waals surface area contributed by atoms with Crippen molar-refractivity contribution in [3.63, 3.8) is 0 Å². The first-order valence-corrected chi connectivity index (χ1v) is 7.36. The molecule has 0 radical (unpaired) electrons. The molecule has 17 heavy (non-hydrogen) atoms. The number of hydrogen-bond donors (Lipinski definition) is 4. The maximum absolute atomic E-state index is 3.72. The number of hydrogen-bond acceptors (Lipinski definition) is 4. The molecule has 0 fully saturated rings. The van der Waals surface area contributed by atoms with E-state index in [0.717, 1.165) is 0 Å². The van der Waals surface area contributed by atoms with E-state index in [1.165, 1.54) is 0 Å². The smallest absolute Gasteiger partial charge is 0.142 e. The summed E-state index contributed by atoms with van der Waals surface area (Å²) in [5, 5.41) is 13.6. The van der Waals surface area contributed by atoms with Gasteiger partial charge < -0.3 is 0 Å². The third kappa shape index (κ3) is 7.21. The van der Waals surface area contributed by atoms with Crippen molar-refractivity contribution in [3.8, 4) is 0 Å². The van der Waals surface area contributed by atoms with Crippen molar-refractivity contribution in [1.82, 2.24) is 20.3 Å². The van der Waals surface area contributed by atoms with Crippen LogP contribution in [-0.4, -0.2) is 26.2 Å². The van der Waals surface area contributed by atoms with E-state index in [9.17, 15) is 0 Å². The molecule has 0 aliphatic carbocycles. The van der Waals surface area contributed by atoms with Crippen LogP contribution in [0.3, 0.4) is 0 Å². The molecule has 4 nitrogen and oxygen atoms in total. The molecule has 4 N–H and O–H groups in total. The summed E-state index contributed by atoms with van der Waals surface area (Å²) < 4.78 is 0. The maximum Gasteiger partial charge on any atom is 0.299 e. The van der Waals surface area contributed by atoms with E-state index in [4.69, 9.17) is 0 Å². The predicted octanol–water partition coefficient (Wildman–Crippen LogP) is 1.77. The van der Waals surface area contributed by atoms with Crippen molar-refractivity contribution < 1.29 is 0 Å². The lowest BCUT2D eigenvalue weighted by Gasteiger charge is -2.26. The number of rotatable bonds is 12. The van der Waals surface area contributed by atoms with Crippen LogP contribution in [0.2, 0.25) is 0 Å². The Labute approximate surface area is 106 Å². The quantitative estimate of drug-likeness (QED) is 0.317. The number of nitrogens with one attached hydrogen (secondary N) is 4. The Morgan fingerprint density at radius 2 is 0.824 bits per heavy atom. The van der Waals surface area contributed by atoms with Crippen LogP contribution in [0.25, 0.3) is 0 Å². The molecule has 0 atom stereocenters. The summed E-state index contributed by atoms with van der Waals surface area (Å²) in [5.41, 5.74) is 0. The minimum absolute atomic E-state index is 0.714. The van der Waals surface area contributed by atoms with Crippen LogP contribution in [0.1, 0.15) is 0 Å². The van der Waals surface area contributed by atoms with Crippen molar-refractivity contribution >= 4 is 7.87 Å². The van der Waals surface area contributed by atoms with Crippen molar-refractivity contribution in [2.75, 3.05) is 26.2 Å². The molecule has 0 saturated carbocycles. The van der Waals surface area contributed by atoms with E-state index < -0.39 is 7.87 Å². The molecule has 0 amide bonds. The second-order valence-corrected chi connectivity index (χ2v) is 5.88. The lowest BCUT2D eigenvalue weighted by atomic mass is 10.7. The van der Waals surface area contributed by atoms with Gasteiger partial charge in [0.1, 0.15) is 0 Å². The molecular formula is C12H24N4P+. The molecule has 0 rings (SSSR count). The lowest BCUT2D eigenvalue weighted by Crippen LogP contribution is -2.46. The van der Waals surface area contributed by atoms with Crippen LogP contribution in [0.15, 0.2) is 50.6 Å². The Morgan fingerprint density at radius 1 is 0.588 bits per heavy atom. The molecule has 0 aromatic rings. The van der Waals surface area contributed by atoms with E-state index in [0.29, 0.717) is 26.2 Å². The minimum Gasteiger partial charge on any atom is -0.142 e. The van der Waals surface area contributed by atoms with Crippen LogP contribution < -0.4 is 20.3 Å². The molecule has 0 aromatic heterocycles. The summed E-state index contributed by atoms with van der Waals surface area (Å²) in [6.45, 7) is 17.7. The Morgan fingerprint density at radius 3 is 1.00 bits per heavy atom. The molecule has 5 heteroatoms. The maximum atomic E-state index is 3.72. The average Bonchev–Trinajstić information content (AvgIpc) is 2.37. The fourth-order valence-electron chi connectivity index (χ4n) is 1.14. The molecule has 0 aromatic carbocycles. The normalized spacial score (nSPS) is 10.8. The van der Waals surface area contributed by atoms with Crippen LogP contribution in [0.4, 0.5) is 0 Å². The zero-order chi connectivity index (χ0) is 13.0. The molecule has 0 unspecified atom stereocenters. The first-order chi connectivity index (χ1) is 8.24. The molecule has 0 saturated heterocycles. The van der Waals surface area contributed by atoms with Crippen LogP contribution >= 0.6 is 7.87 Å². The van der Waals surface area contributed by atoms with Gasteiger partial charge in [0, 0.05) is 0 Å². The van der Waals surface area contributed by atoms with Crippen molar-refractivity contribution in [2.24, 2.45) is 0 Å². The Hall–Kier alpha value is -0.770. The highest BCUT2D eigenvalue weighted by Crippen LogP contribution is 2.39. The minimum atomic E-state index is -1.85. The van der Waals surface area contributed by atoms with Gasteiger partial charge in [-0.15, -0.1) is 46.7 Å². The fraction of sp³-hybridized carbons (Fsp3) is 0.333. The van der Waals surface area contributed by atoms with Gasteiger partial charge in [-0.2, -0.15) is 0 Å². The zero-order valence-electron chi connectivity index (χ0n) is 10.4. The second kappa shape index (κ2) is 10.4. The largest absolute Gasteiger partial charge is 0.299 e. The molecular weight excluding hydrogens is 231 g/mol. The molecule has 0 bridgehead atoms. The van der Waals surface area contributed by atoms with Gasteiger partial charge >= 0.3 is 0 Å².